The number of aryl methyl sites for hydroxylation is 1. The number of hydrogen-bond donors (Lipinski definition) is 2. The minimum Gasteiger partial charge on any atom is -0.451 e. The Morgan fingerprint density at radius 3 is 2.62 bits per heavy atom. The van der Waals surface area contributed by atoms with Crippen molar-refractivity contribution in [3.63, 3.8) is 0 Å². The predicted molar refractivity (Wildman–Crippen MR) is 108 cm³/mol. The van der Waals surface area contributed by atoms with Gasteiger partial charge in [-0.3, -0.25) is 4.79 Å². The zero-order chi connectivity index (χ0) is 18.7. The van der Waals surface area contributed by atoms with Gasteiger partial charge in [0, 0.05) is 21.8 Å². The van der Waals surface area contributed by atoms with Gasteiger partial charge in [0.15, 0.2) is 5.76 Å². The highest BCUT2D eigenvalue weighted by atomic mass is 79.9. The molecule has 0 radical (unpaired) electrons. The minimum absolute atomic E-state index is 0.158. The van der Waals surface area contributed by atoms with Crippen molar-refractivity contribution >= 4 is 32.8 Å². The lowest BCUT2D eigenvalue weighted by atomic mass is 10.1. The summed E-state index contributed by atoms with van der Waals surface area (Å²) in [5.74, 6) is 0.236. The number of hydrogen-bond acceptors (Lipinski definition) is 2. The molecule has 1 aromatic heterocycles. The quantitative estimate of drug-likeness (QED) is 0.649. The Balaban J connectivity index is 1.71. The first kappa shape index (κ1) is 18.7. The maximum Gasteiger partial charge on any atom is 0.287 e. The third kappa shape index (κ3) is 4.17. The fraction of sp³-hybridized carbons (Fsp3) is 0.286. The molecule has 0 saturated carbocycles. The minimum atomic E-state index is -0.158. The summed E-state index contributed by atoms with van der Waals surface area (Å²) in [5.41, 5.74) is 2.88. The molecule has 0 aliphatic carbocycles. The van der Waals surface area contributed by atoms with Gasteiger partial charge in [0.25, 0.3) is 5.91 Å². The van der Waals surface area contributed by atoms with Gasteiger partial charge in [-0.2, -0.15) is 0 Å². The van der Waals surface area contributed by atoms with Crippen LogP contribution in [-0.4, -0.2) is 32.6 Å². The molecule has 0 bridgehead atoms. The van der Waals surface area contributed by atoms with Crippen LogP contribution in [0, 0.1) is 6.92 Å². The van der Waals surface area contributed by atoms with E-state index >= 15 is 0 Å². The SMILES string of the molecule is Cc1c(C(=O)NC[C@@H](Cc2ccccc2)[NH+](C)C)oc2ccc(Br)cc12. The summed E-state index contributed by atoms with van der Waals surface area (Å²) in [5, 5.41) is 4.01. The number of furan rings is 1. The van der Waals surface area contributed by atoms with E-state index in [9.17, 15) is 4.79 Å². The molecular weight excluding hydrogens is 392 g/mol. The zero-order valence-corrected chi connectivity index (χ0v) is 16.9. The molecule has 1 atom stereocenters. The summed E-state index contributed by atoms with van der Waals surface area (Å²) in [7, 11) is 4.23. The van der Waals surface area contributed by atoms with Gasteiger partial charge in [-0.05, 0) is 30.7 Å². The largest absolute Gasteiger partial charge is 0.451 e. The van der Waals surface area contributed by atoms with Gasteiger partial charge in [-0.1, -0.05) is 46.3 Å². The zero-order valence-electron chi connectivity index (χ0n) is 15.3. The second-order valence-corrected chi connectivity index (χ2v) is 7.79. The topological polar surface area (TPSA) is 46.7 Å². The standard InChI is InChI=1S/C21H23BrN2O2/c1-14-18-12-16(22)9-10-19(18)26-20(14)21(25)23-13-17(24(2)3)11-15-7-5-4-6-8-15/h4-10,12,17H,11,13H2,1-3H3,(H,23,25)/p+1/t17-/m1/s1. The number of rotatable bonds is 6. The van der Waals surface area contributed by atoms with Crippen LogP contribution < -0.4 is 10.2 Å². The van der Waals surface area contributed by atoms with E-state index in [-0.39, 0.29) is 5.91 Å². The second-order valence-electron chi connectivity index (χ2n) is 6.87. The van der Waals surface area contributed by atoms with E-state index in [1.165, 1.54) is 10.5 Å². The first-order chi connectivity index (χ1) is 12.5. The first-order valence-corrected chi connectivity index (χ1v) is 9.56. The summed E-state index contributed by atoms with van der Waals surface area (Å²) >= 11 is 3.47. The number of likely N-dealkylation sites (N-methyl/N-ethyl adjacent to an activating group) is 1. The Morgan fingerprint density at radius 2 is 1.92 bits per heavy atom. The van der Waals surface area contributed by atoms with Gasteiger partial charge in [0.05, 0.1) is 20.6 Å². The van der Waals surface area contributed by atoms with Gasteiger partial charge in [0.2, 0.25) is 0 Å². The van der Waals surface area contributed by atoms with E-state index in [0.717, 1.165) is 27.4 Å². The van der Waals surface area contributed by atoms with Crippen molar-refractivity contribution in [2.24, 2.45) is 0 Å². The van der Waals surface area contributed by atoms with Gasteiger partial charge in [0.1, 0.15) is 11.6 Å². The number of carbonyl (C=O) groups is 1. The van der Waals surface area contributed by atoms with Crippen molar-refractivity contribution in [2.45, 2.75) is 19.4 Å². The molecule has 2 N–H and O–H groups in total. The van der Waals surface area contributed by atoms with Crippen LogP contribution in [0.4, 0.5) is 0 Å². The number of amides is 1. The van der Waals surface area contributed by atoms with Crippen LogP contribution >= 0.6 is 15.9 Å². The van der Waals surface area contributed by atoms with Crippen molar-refractivity contribution < 1.29 is 14.1 Å². The summed E-state index contributed by atoms with van der Waals surface area (Å²) in [6, 6.07) is 16.4. The van der Waals surface area contributed by atoms with Gasteiger partial charge in [-0.15, -0.1) is 0 Å². The third-order valence-electron chi connectivity index (χ3n) is 4.75. The summed E-state index contributed by atoms with van der Waals surface area (Å²) in [4.78, 5) is 14.0. The van der Waals surface area contributed by atoms with Crippen molar-refractivity contribution in [3.8, 4) is 0 Å². The fourth-order valence-electron chi connectivity index (χ4n) is 3.08. The molecular formula is C21H24BrN2O2+. The Bertz CT molecular complexity index is 903. The molecule has 0 spiro atoms. The lowest BCUT2D eigenvalue weighted by Gasteiger charge is -2.21. The Labute approximate surface area is 162 Å². The smallest absolute Gasteiger partial charge is 0.287 e. The van der Waals surface area contributed by atoms with Crippen LogP contribution in [0.2, 0.25) is 0 Å². The molecule has 26 heavy (non-hydrogen) atoms. The van der Waals surface area contributed by atoms with E-state index in [0.29, 0.717) is 18.3 Å². The highest BCUT2D eigenvalue weighted by Crippen LogP contribution is 2.27. The monoisotopic (exact) mass is 415 g/mol. The van der Waals surface area contributed by atoms with E-state index in [4.69, 9.17) is 4.42 Å². The molecule has 0 fully saturated rings. The normalized spacial score (nSPS) is 12.5. The predicted octanol–water partition coefficient (Wildman–Crippen LogP) is 2.99. The van der Waals surface area contributed by atoms with Crippen LogP contribution in [-0.2, 0) is 6.42 Å². The van der Waals surface area contributed by atoms with Crippen LogP contribution in [0.25, 0.3) is 11.0 Å². The molecule has 0 unspecified atom stereocenters. The maximum absolute atomic E-state index is 12.7. The van der Waals surface area contributed by atoms with Crippen molar-refractivity contribution in [2.75, 3.05) is 20.6 Å². The molecule has 0 aliphatic heterocycles. The van der Waals surface area contributed by atoms with Gasteiger partial charge < -0.3 is 14.6 Å². The third-order valence-corrected chi connectivity index (χ3v) is 5.25. The number of benzene rings is 2. The van der Waals surface area contributed by atoms with Crippen molar-refractivity contribution in [1.29, 1.82) is 0 Å². The van der Waals surface area contributed by atoms with Gasteiger partial charge in [-0.25, -0.2) is 0 Å². The van der Waals surface area contributed by atoms with E-state index in [2.05, 4.69) is 47.5 Å². The van der Waals surface area contributed by atoms with Crippen molar-refractivity contribution in [1.82, 2.24) is 5.32 Å². The molecule has 5 heteroatoms. The van der Waals surface area contributed by atoms with E-state index in [1.807, 2.05) is 43.3 Å². The Hall–Kier alpha value is -2.11. The number of fused-ring (bicyclic) bond motifs is 1. The van der Waals surface area contributed by atoms with Crippen LogP contribution in [0.5, 0.6) is 0 Å². The highest BCUT2D eigenvalue weighted by molar-refractivity contribution is 9.10. The lowest BCUT2D eigenvalue weighted by molar-refractivity contribution is -0.884. The van der Waals surface area contributed by atoms with E-state index in [1.54, 1.807) is 0 Å². The lowest BCUT2D eigenvalue weighted by Crippen LogP contribution is -3.11. The van der Waals surface area contributed by atoms with Crippen LogP contribution in [0.3, 0.4) is 0 Å². The second kappa shape index (κ2) is 8.06. The Kier molecular flexibility index (Phi) is 5.79. The number of carbonyl (C=O) groups excluding carboxylic acids is 1. The maximum atomic E-state index is 12.7. The molecule has 3 aromatic rings. The molecule has 3 rings (SSSR count). The summed E-state index contributed by atoms with van der Waals surface area (Å²) in [6.07, 6.45) is 0.912. The average Bonchev–Trinajstić information content (AvgIpc) is 2.95. The molecule has 136 valence electrons. The highest BCUT2D eigenvalue weighted by Gasteiger charge is 2.21. The van der Waals surface area contributed by atoms with Gasteiger partial charge >= 0.3 is 0 Å². The fourth-order valence-corrected chi connectivity index (χ4v) is 3.45. The van der Waals surface area contributed by atoms with Crippen molar-refractivity contribution in [3.05, 3.63) is 69.9 Å². The van der Waals surface area contributed by atoms with Crippen LogP contribution in [0.15, 0.2) is 57.4 Å². The Morgan fingerprint density at radius 1 is 1.19 bits per heavy atom. The molecule has 0 saturated heterocycles. The molecule has 1 amide bonds. The average molecular weight is 416 g/mol. The molecule has 2 aromatic carbocycles. The number of quaternary nitrogens is 1. The number of nitrogens with one attached hydrogen (secondary N) is 2. The van der Waals surface area contributed by atoms with Crippen LogP contribution in [0.1, 0.15) is 21.7 Å². The molecule has 4 nitrogen and oxygen atoms in total. The first-order valence-electron chi connectivity index (χ1n) is 8.76. The molecule has 0 aliphatic rings. The summed E-state index contributed by atoms with van der Waals surface area (Å²) < 4.78 is 6.76. The number of halogens is 1. The van der Waals surface area contributed by atoms with E-state index < -0.39 is 0 Å². The molecule has 1 heterocycles. The summed E-state index contributed by atoms with van der Waals surface area (Å²) in [6.45, 7) is 2.52.